The Balaban J connectivity index is 1.36. The zero-order chi connectivity index (χ0) is 19.8. The number of aromatic nitrogens is 3. The number of hydrogen-bond acceptors (Lipinski definition) is 5. The van der Waals surface area contributed by atoms with Crippen molar-refractivity contribution in [3.05, 3.63) is 30.2 Å². The molecule has 2 aromatic rings. The summed E-state index contributed by atoms with van der Waals surface area (Å²) in [5.41, 5.74) is 0.891. The number of aliphatic imine (C=N–C) groups is 1. The first-order chi connectivity index (χ1) is 13.7. The minimum Gasteiger partial charge on any atom is -0.374 e. The Bertz CT molecular complexity index is 758. The van der Waals surface area contributed by atoms with Crippen LogP contribution in [0.2, 0.25) is 0 Å². The minimum atomic E-state index is 0.202. The number of aryl methyl sites for hydroxylation is 1. The molecule has 0 radical (unpaired) electrons. The molecule has 1 aliphatic heterocycles. The molecule has 8 nitrogen and oxygen atoms in total. The lowest BCUT2D eigenvalue weighted by molar-refractivity contribution is -0.0284. The number of guanidine groups is 1. The standard InChI is InChI=1S/C20H33N7O/c1-16(2)14-26-11-12-28-17(15-26)13-23-20(21-3)22-9-6-8-19-25-24-18-7-4-5-10-27(18)19/h4-5,7,10,16-17H,6,8-9,11-15H2,1-3H3,(H2,21,22,23). The Kier molecular flexibility index (Phi) is 7.62. The first-order valence-electron chi connectivity index (χ1n) is 10.2. The van der Waals surface area contributed by atoms with Crippen molar-refractivity contribution in [3.8, 4) is 0 Å². The van der Waals surface area contributed by atoms with Gasteiger partial charge in [-0.2, -0.15) is 0 Å². The third kappa shape index (κ3) is 5.90. The predicted octanol–water partition coefficient (Wildman–Crippen LogP) is 1.18. The number of fused-ring (bicyclic) bond motifs is 1. The maximum absolute atomic E-state index is 5.90. The van der Waals surface area contributed by atoms with Crippen LogP contribution in [0.5, 0.6) is 0 Å². The summed E-state index contributed by atoms with van der Waals surface area (Å²) in [4.78, 5) is 6.80. The third-order valence-corrected chi connectivity index (χ3v) is 4.82. The maximum Gasteiger partial charge on any atom is 0.191 e. The van der Waals surface area contributed by atoms with Gasteiger partial charge in [0.15, 0.2) is 11.6 Å². The van der Waals surface area contributed by atoms with Crippen LogP contribution in [-0.4, -0.2) is 77.9 Å². The molecule has 1 fully saturated rings. The molecule has 2 N–H and O–H groups in total. The normalized spacial score (nSPS) is 18.7. The summed E-state index contributed by atoms with van der Waals surface area (Å²) < 4.78 is 7.93. The van der Waals surface area contributed by atoms with Gasteiger partial charge >= 0.3 is 0 Å². The smallest absolute Gasteiger partial charge is 0.191 e. The van der Waals surface area contributed by atoms with Crippen LogP contribution in [0.25, 0.3) is 5.65 Å². The second-order valence-corrected chi connectivity index (χ2v) is 7.67. The summed E-state index contributed by atoms with van der Waals surface area (Å²) in [6.45, 7) is 10.0. The molecule has 154 valence electrons. The number of ether oxygens (including phenoxy) is 1. The largest absolute Gasteiger partial charge is 0.374 e. The van der Waals surface area contributed by atoms with Gasteiger partial charge in [-0.05, 0) is 24.5 Å². The average molecular weight is 388 g/mol. The number of nitrogens with zero attached hydrogens (tertiary/aromatic N) is 5. The molecular formula is C20H33N7O. The van der Waals surface area contributed by atoms with Gasteiger partial charge in [0.1, 0.15) is 5.82 Å². The van der Waals surface area contributed by atoms with Crippen molar-refractivity contribution >= 4 is 11.6 Å². The Morgan fingerprint density at radius 1 is 1.32 bits per heavy atom. The molecule has 1 unspecified atom stereocenters. The topological polar surface area (TPSA) is 79.1 Å². The molecule has 1 saturated heterocycles. The van der Waals surface area contributed by atoms with E-state index in [2.05, 4.69) is 44.6 Å². The van der Waals surface area contributed by atoms with Crippen LogP contribution in [-0.2, 0) is 11.2 Å². The number of rotatable bonds is 8. The summed E-state index contributed by atoms with van der Waals surface area (Å²) in [5.74, 6) is 2.49. The summed E-state index contributed by atoms with van der Waals surface area (Å²) in [6, 6.07) is 5.94. The fraction of sp³-hybridized carbons (Fsp3) is 0.650. The van der Waals surface area contributed by atoms with E-state index in [1.54, 1.807) is 7.05 Å². The summed E-state index contributed by atoms with van der Waals surface area (Å²) in [7, 11) is 1.80. The zero-order valence-corrected chi connectivity index (χ0v) is 17.3. The highest BCUT2D eigenvalue weighted by Crippen LogP contribution is 2.07. The van der Waals surface area contributed by atoms with Gasteiger partial charge in [-0.25, -0.2) is 0 Å². The Hall–Kier alpha value is -2.19. The van der Waals surface area contributed by atoms with Crippen molar-refractivity contribution in [2.24, 2.45) is 10.9 Å². The lowest BCUT2D eigenvalue weighted by Gasteiger charge is -2.34. The van der Waals surface area contributed by atoms with E-state index in [4.69, 9.17) is 4.74 Å². The fourth-order valence-corrected chi connectivity index (χ4v) is 3.53. The molecule has 0 saturated carbocycles. The molecule has 3 rings (SSSR count). The van der Waals surface area contributed by atoms with Crippen molar-refractivity contribution in [1.82, 2.24) is 30.1 Å². The Labute approximate surface area is 167 Å². The highest BCUT2D eigenvalue weighted by Gasteiger charge is 2.21. The molecule has 28 heavy (non-hydrogen) atoms. The highest BCUT2D eigenvalue weighted by molar-refractivity contribution is 5.79. The van der Waals surface area contributed by atoms with Crippen LogP contribution < -0.4 is 10.6 Å². The molecule has 1 aliphatic rings. The molecular weight excluding hydrogens is 354 g/mol. The van der Waals surface area contributed by atoms with Crippen molar-refractivity contribution in [3.63, 3.8) is 0 Å². The van der Waals surface area contributed by atoms with E-state index in [-0.39, 0.29) is 6.10 Å². The monoisotopic (exact) mass is 387 g/mol. The van der Waals surface area contributed by atoms with E-state index in [0.29, 0.717) is 5.92 Å². The first-order valence-corrected chi connectivity index (χ1v) is 10.2. The van der Waals surface area contributed by atoms with E-state index in [1.165, 1.54) is 0 Å². The van der Waals surface area contributed by atoms with Crippen LogP contribution in [0.4, 0.5) is 0 Å². The van der Waals surface area contributed by atoms with Crippen molar-refractivity contribution < 1.29 is 4.74 Å². The molecule has 0 spiro atoms. The van der Waals surface area contributed by atoms with Crippen LogP contribution in [0.15, 0.2) is 29.4 Å². The van der Waals surface area contributed by atoms with Gasteiger partial charge in [0.2, 0.25) is 0 Å². The lowest BCUT2D eigenvalue weighted by Crippen LogP contribution is -2.50. The van der Waals surface area contributed by atoms with Crippen LogP contribution in [0.1, 0.15) is 26.1 Å². The van der Waals surface area contributed by atoms with Crippen LogP contribution >= 0.6 is 0 Å². The van der Waals surface area contributed by atoms with E-state index in [1.807, 2.05) is 28.8 Å². The molecule has 0 aliphatic carbocycles. The predicted molar refractivity (Wildman–Crippen MR) is 112 cm³/mol. The lowest BCUT2D eigenvalue weighted by atomic mass is 10.2. The fourth-order valence-electron chi connectivity index (χ4n) is 3.53. The van der Waals surface area contributed by atoms with E-state index < -0.39 is 0 Å². The second-order valence-electron chi connectivity index (χ2n) is 7.67. The zero-order valence-electron chi connectivity index (χ0n) is 17.3. The number of hydrogen-bond donors (Lipinski definition) is 2. The maximum atomic E-state index is 5.90. The van der Waals surface area contributed by atoms with Gasteiger partial charge in [0.25, 0.3) is 0 Å². The van der Waals surface area contributed by atoms with Crippen molar-refractivity contribution in [2.45, 2.75) is 32.8 Å². The molecule has 0 amide bonds. The van der Waals surface area contributed by atoms with Gasteiger partial charge in [0.05, 0.1) is 12.7 Å². The van der Waals surface area contributed by atoms with Gasteiger partial charge in [0, 0.05) is 52.4 Å². The number of pyridine rings is 1. The summed E-state index contributed by atoms with van der Waals surface area (Å²) in [5, 5.41) is 15.2. The van der Waals surface area contributed by atoms with E-state index in [0.717, 1.165) is 69.6 Å². The van der Waals surface area contributed by atoms with E-state index >= 15 is 0 Å². The van der Waals surface area contributed by atoms with Crippen LogP contribution in [0.3, 0.4) is 0 Å². The second kappa shape index (κ2) is 10.4. The highest BCUT2D eigenvalue weighted by atomic mass is 16.5. The van der Waals surface area contributed by atoms with Gasteiger partial charge in [-0.3, -0.25) is 14.3 Å². The molecule has 0 bridgehead atoms. The molecule has 2 aromatic heterocycles. The first kappa shape index (κ1) is 20.5. The average Bonchev–Trinajstić information content (AvgIpc) is 3.10. The Morgan fingerprint density at radius 3 is 3.04 bits per heavy atom. The third-order valence-electron chi connectivity index (χ3n) is 4.82. The van der Waals surface area contributed by atoms with Crippen molar-refractivity contribution in [2.75, 3.05) is 46.4 Å². The number of nitrogens with one attached hydrogen (secondary N) is 2. The summed E-state index contributed by atoms with van der Waals surface area (Å²) in [6.07, 6.45) is 4.03. The Morgan fingerprint density at radius 2 is 2.21 bits per heavy atom. The van der Waals surface area contributed by atoms with Gasteiger partial charge < -0.3 is 15.4 Å². The number of morpholine rings is 1. The van der Waals surface area contributed by atoms with E-state index in [9.17, 15) is 0 Å². The minimum absolute atomic E-state index is 0.202. The van der Waals surface area contributed by atoms with Crippen molar-refractivity contribution in [1.29, 1.82) is 0 Å². The van der Waals surface area contributed by atoms with Gasteiger partial charge in [-0.15, -0.1) is 10.2 Å². The van der Waals surface area contributed by atoms with Gasteiger partial charge in [-0.1, -0.05) is 19.9 Å². The molecule has 1 atom stereocenters. The summed E-state index contributed by atoms with van der Waals surface area (Å²) >= 11 is 0. The quantitative estimate of drug-likeness (QED) is 0.402. The molecule has 3 heterocycles. The SMILES string of the molecule is CN=C(NCCCc1nnc2ccccn12)NCC1CN(CC(C)C)CCO1. The molecule has 8 heteroatoms. The van der Waals surface area contributed by atoms with Crippen LogP contribution in [0, 0.1) is 5.92 Å². The molecule has 0 aromatic carbocycles.